The van der Waals surface area contributed by atoms with Gasteiger partial charge in [-0.3, -0.25) is 18.9 Å². The van der Waals surface area contributed by atoms with Gasteiger partial charge in [0, 0.05) is 75.2 Å². The molecule has 174 valence electrons. The van der Waals surface area contributed by atoms with Gasteiger partial charge in [0.15, 0.2) is 5.96 Å². The monoisotopic (exact) mass is 561 g/mol. The summed E-state index contributed by atoms with van der Waals surface area (Å²) in [7, 11) is 0.891. The normalized spacial score (nSPS) is 18.9. The van der Waals surface area contributed by atoms with Crippen LogP contribution in [0.3, 0.4) is 0 Å². The molecule has 31 heavy (non-hydrogen) atoms. The van der Waals surface area contributed by atoms with E-state index in [-0.39, 0.29) is 29.9 Å². The highest BCUT2D eigenvalue weighted by atomic mass is 127. The minimum Gasteiger partial charge on any atom is -0.355 e. The lowest BCUT2D eigenvalue weighted by Gasteiger charge is -2.37. The van der Waals surface area contributed by atoms with Crippen molar-refractivity contribution in [2.75, 3.05) is 65.2 Å². The molecule has 2 fully saturated rings. The minimum absolute atomic E-state index is 0. The van der Waals surface area contributed by atoms with E-state index < -0.39 is 10.8 Å². The predicted octanol–water partition coefficient (Wildman–Crippen LogP) is 1.76. The molecule has 0 aromatic heterocycles. The van der Waals surface area contributed by atoms with Gasteiger partial charge >= 0.3 is 0 Å². The minimum atomic E-state index is -0.896. The standard InChI is InChI=1S/C22H35N5O2S.HI/c1-23-22(24-10-17-30(29)19-20-8-4-2-5-9-20)27-15-13-25(14-16-27)18-21(28)26-11-6-3-7-12-26;/h2,4-5,8-9H,3,6-7,10-19H2,1H3,(H,23,24);1H. The summed E-state index contributed by atoms with van der Waals surface area (Å²) in [6.45, 7) is 6.42. The number of carbonyl (C=O) groups excluding carboxylic acids is 1. The third-order valence-corrected chi connectivity index (χ3v) is 7.05. The topological polar surface area (TPSA) is 68.2 Å². The van der Waals surface area contributed by atoms with Crippen molar-refractivity contribution < 1.29 is 9.00 Å². The van der Waals surface area contributed by atoms with Crippen LogP contribution >= 0.6 is 24.0 Å². The van der Waals surface area contributed by atoms with Crippen LogP contribution < -0.4 is 5.32 Å². The van der Waals surface area contributed by atoms with Gasteiger partial charge in [0.2, 0.25) is 5.91 Å². The summed E-state index contributed by atoms with van der Waals surface area (Å²) in [4.78, 5) is 23.4. The van der Waals surface area contributed by atoms with E-state index in [1.54, 1.807) is 7.05 Å². The van der Waals surface area contributed by atoms with Gasteiger partial charge in [-0.25, -0.2) is 0 Å². The van der Waals surface area contributed by atoms with E-state index in [1.165, 1.54) is 6.42 Å². The van der Waals surface area contributed by atoms with Crippen LogP contribution in [0.4, 0.5) is 0 Å². The number of likely N-dealkylation sites (tertiary alicyclic amines) is 1. The Labute approximate surface area is 206 Å². The highest BCUT2D eigenvalue weighted by Crippen LogP contribution is 2.10. The number of nitrogens with zero attached hydrogens (tertiary/aromatic N) is 4. The Balaban J connectivity index is 0.00000341. The second kappa shape index (κ2) is 14.1. The van der Waals surface area contributed by atoms with Gasteiger partial charge < -0.3 is 15.1 Å². The molecule has 1 aromatic carbocycles. The molecule has 0 radical (unpaired) electrons. The number of piperidine rings is 1. The molecule has 2 aliphatic rings. The average molecular weight is 562 g/mol. The molecule has 0 aliphatic carbocycles. The molecule has 1 amide bonds. The number of carbonyl (C=O) groups is 1. The average Bonchev–Trinajstić information content (AvgIpc) is 2.79. The highest BCUT2D eigenvalue weighted by molar-refractivity contribution is 14.0. The Hall–Kier alpha value is -1.20. The Morgan fingerprint density at radius 2 is 1.68 bits per heavy atom. The lowest BCUT2D eigenvalue weighted by atomic mass is 10.1. The van der Waals surface area contributed by atoms with Crippen molar-refractivity contribution in [3.63, 3.8) is 0 Å². The van der Waals surface area contributed by atoms with Crippen molar-refractivity contribution in [2.24, 2.45) is 4.99 Å². The van der Waals surface area contributed by atoms with Crippen LogP contribution in [0.15, 0.2) is 35.3 Å². The molecule has 2 saturated heterocycles. The summed E-state index contributed by atoms with van der Waals surface area (Å²) in [5.41, 5.74) is 1.11. The first-order valence-electron chi connectivity index (χ1n) is 11.0. The van der Waals surface area contributed by atoms with Gasteiger partial charge in [-0.1, -0.05) is 30.3 Å². The summed E-state index contributed by atoms with van der Waals surface area (Å²) in [6, 6.07) is 9.96. The first-order valence-corrected chi connectivity index (χ1v) is 12.5. The van der Waals surface area contributed by atoms with Crippen molar-refractivity contribution in [3.05, 3.63) is 35.9 Å². The van der Waals surface area contributed by atoms with Gasteiger partial charge in [0.1, 0.15) is 0 Å². The molecule has 9 heteroatoms. The van der Waals surface area contributed by atoms with Crippen LogP contribution in [-0.4, -0.2) is 95.9 Å². The van der Waals surface area contributed by atoms with Crippen molar-refractivity contribution in [1.82, 2.24) is 20.0 Å². The van der Waals surface area contributed by atoms with Gasteiger partial charge in [-0.2, -0.15) is 0 Å². The number of hydrogen-bond acceptors (Lipinski definition) is 4. The smallest absolute Gasteiger partial charge is 0.236 e. The molecule has 7 nitrogen and oxygen atoms in total. The van der Waals surface area contributed by atoms with Crippen molar-refractivity contribution >= 4 is 46.6 Å². The molecule has 1 aromatic rings. The second-order valence-corrected chi connectivity index (χ2v) is 9.53. The van der Waals surface area contributed by atoms with E-state index in [0.717, 1.165) is 63.6 Å². The van der Waals surface area contributed by atoms with Crippen LogP contribution in [0.1, 0.15) is 24.8 Å². The molecule has 0 saturated carbocycles. The first-order chi connectivity index (χ1) is 14.7. The molecule has 0 bridgehead atoms. The van der Waals surface area contributed by atoms with Crippen molar-refractivity contribution in [3.8, 4) is 0 Å². The van der Waals surface area contributed by atoms with Crippen LogP contribution in [-0.2, 0) is 21.3 Å². The number of hydrogen-bond donors (Lipinski definition) is 1. The number of guanidine groups is 1. The Bertz CT molecular complexity index is 720. The molecule has 1 atom stereocenters. The zero-order valence-electron chi connectivity index (χ0n) is 18.5. The van der Waals surface area contributed by atoms with Gasteiger partial charge in [0.05, 0.1) is 6.54 Å². The summed E-state index contributed by atoms with van der Waals surface area (Å²) in [6.07, 6.45) is 3.52. The SMILES string of the molecule is CN=C(NCCS(=O)Cc1ccccc1)N1CCN(CC(=O)N2CCCCC2)CC1.I. The molecule has 2 aliphatic heterocycles. The quantitative estimate of drug-likeness (QED) is 0.312. The maximum atomic E-state index is 12.5. The third-order valence-electron chi connectivity index (χ3n) is 5.73. The van der Waals surface area contributed by atoms with E-state index in [4.69, 9.17) is 0 Å². The molecule has 1 N–H and O–H groups in total. The lowest BCUT2D eigenvalue weighted by Crippen LogP contribution is -2.54. The zero-order valence-corrected chi connectivity index (χ0v) is 21.6. The van der Waals surface area contributed by atoms with Gasteiger partial charge in [0.25, 0.3) is 0 Å². The lowest BCUT2D eigenvalue weighted by molar-refractivity contribution is -0.133. The number of benzene rings is 1. The second-order valence-electron chi connectivity index (χ2n) is 7.95. The molecule has 0 spiro atoms. The molecular weight excluding hydrogens is 525 g/mol. The van der Waals surface area contributed by atoms with Crippen LogP contribution in [0.2, 0.25) is 0 Å². The van der Waals surface area contributed by atoms with E-state index in [1.807, 2.05) is 35.2 Å². The maximum Gasteiger partial charge on any atom is 0.236 e. The fraction of sp³-hybridized carbons (Fsp3) is 0.636. The Kier molecular flexibility index (Phi) is 11.8. The van der Waals surface area contributed by atoms with Gasteiger partial charge in [-0.05, 0) is 24.8 Å². The summed E-state index contributed by atoms with van der Waals surface area (Å²) >= 11 is 0. The number of amides is 1. The van der Waals surface area contributed by atoms with E-state index >= 15 is 0 Å². The van der Waals surface area contributed by atoms with Crippen LogP contribution in [0.5, 0.6) is 0 Å². The van der Waals surface area contributed by atoms with E-state index in [2.05, 4.69) is 20.1 Å². The third kappa shape index (κ3) is 8.69. The zero-order chi connectivity index (χ0) is 21.2. The summed E-state index contributed by atoms with van der Waals surface area (Å²) in [5, 5.41) is 3.35. The fourth-order valence-electron chi connectivity index (χ4n) is 3.99. The molecule has 1 unspecified atom stereocenters. The van der Waals surface area contributed by atoms with Crippen LogP contribution in [0, 0.1) is 0 Å². The summed E-state index contributed by atoms with van der Waals surface area (Å²) in [5.74, 6) is 2.31. The van der Waals surface area contributed by atoms with E-state index in [9.17, 15) is 9.00 Å². The first kappa shape index (κ1) is 26.1. The maximum absolute atomic E-state index is 12.5. The number of nitrogens with one attached hydrogen (secondary N) is 1. The number of piperazine rings is 1. The summed E-state index contributed by atoms with van der Waals surface area (Å²) < 4.78 is 12.3. The van der Waals surface area contributed by atoms with E-state index in [0.29, 0.717) is 24.6 Å². The largest absolute Gasteiger partial charge is 0.355 e. The van der Waals surface area contributed by atoms with Gasteiger partial charge in [-0.15, -0.1) is 24.0 Å². The molecular formula is C22H36IN5O2S. The number of aliphatic imine (C=N–C) groups is 1. The Morgan fingerprint density at radius 3 is 2.32 bits per heavy atom. The fourth-order valence-corrected chi connectivity index (χ4v) is 5.03. The predicted molar refractivity (Wildman–Crippen MR) is 138 cm³/mol. The van der Waals surface area contributed by atoms with Crippen LogP contribution in [0.25, 0.3) is 0 Å². The number of halogens is 1. The molecule has 2 heterocycles. The Morgan fingerprint density at radius 1 is 1.00 bits per heavy atom. The van der Waals surface area contributed by atoms with Crippen molar-refractivity contribution in [1.29, 1.82) is 0 Å². The van der Waals surface area contributed by atoms with Crippen molar-refractivity contribution in [2.45, 2.75) is 25.0 Å². The highest BCUT2D eigenvalue weighted by Gasteiger charge is 2.24. The molecule has 3 rings (SSSR count). The number of rotatable bonds is 7.